The summed E-state index contributed by atoms with van der Waals surface area (Å²) in [6.07, 6.45) is -3.81. The number of hydrogen-bond donors (Lipinski definition) is 1. The Bertz CT molecular complexity index is 615. The van der Waals surface area contributed by atoms with Crippen LogP contribution in [0.5, 0.6) is 0 Å². The van der Waals surface area contributed by atoms with Crippen LogP contribution in [0, 0.1) is 0 Å². The predicted molar refractivity (Wildman–Crippen MR) is 63.6 cm³/mol. The second kappa shape index (κ2) is 5.23. The monoisotopic (exact) mass is 309 g/mol. The summed E-state index contributed by atoms with van der Waals surface area (Å²) in [6.45, 7) is -1.34. The molecule has 0 unspecified atom stereocenters. The van der Waals surface area contributed by atoms with Gasteiger partial charge in [0, 0.05) is 5.56 Å². The fourth-order valence-electron chi connectivity index (χ4n) is 1.47. The van der Waals surface area contributed by atoms with Crippen LogP contribution < -0.4 is 5.73 Å². The van der Waals surface area contributed by atoms with Gasteiger partial charge in [-0.1, -0.05) is 11.6 Å². The van der Waals surface area contributed by atoms with E-state index in [1.54, 1.807) is 0 Å². The smallest absolute Gasteiger partial charge is 0.326 e. The number of anilines is 1. The first-order valence-electron chi connectivity index (χ1n) is 5.29. The molecule has 0 fully saturated rings. The highest BCUT2D eigenvalue weighted by atomic mass is 35.5. The lowest BCUT2D eigenvalue weighted by atomic mass is 10.2. The fraction of sp³-hybridized carbons (Fsp3) is 0.300. The third-order valence-corrected chi connectivity index (χ3v) is 2.81. The van der Waals surface area contributed by atoms with E-state index in [4.69, 9.17) is 17.3 Å². The van der Waals surface area contributed by atoms with Gasteiger partial charge in [-0.25, -0.2) is 13.5 Å². The molecule has 0 atom stereocenters. The average molecular weight is 310 g/mol. The first-order valence-corrected chi connectivity index (χ1v) is 5.66. The van der Waals surface area contributed by atoms with Gasteiger partial charge in [0.25, 0.3) is 0 Å². The van der Waals surface area contributed by atoms with Crippen LogP contribution >= 0.6 is 11.6 Å². The summed E-state index contributed by atoms with van der Waals surface area (Å²) in [6, 6.07) is 4.24. The Morgan fingerprint density at radius 1 is 1.35 bits per heavy atom. The van der Waals surface area contributed by atoms with E-state index in [-0.39, 0.29) is 16.5 Å². The van der Waals surface area contributed by atoms with Gasteiger partial charge >= 0.3 is 12.3 Å². The number of nitrogens with zero attached hydrogens (tertiary/aromatic N) is 4. The molecule has 0 amide bonds. The molecule has 1 aromatic heterocycles. The van der Waals surface area contributed by atoms with Crippen LogP contribution in [0.15, 0.2) is 18.2 Å². The Labute approximate surface area is 115 Å². The lowest BCUT2D eigenvalue weighted by Crippen LogP contribution is -2.32. The van der Waals surface area contributed by atoms with Gasteiger partial charge in [-0.15, -0.1) is 5.10 Å². The molecule has 0 bridgehead atoms. The van der Waals surface area contributed by atoms with E-state index in [1.807, 2.05) is 0 Å². The van der Waals surface area contributed by atoms with E-state index in [9.17, 15) is 17.6 Å². The molecular weight excluding hydrogens is 302 g/mol. The summed E-state index contributed by atoms with van der Waals surface area (Å²) in [7, 11) is 0. The second-order valence-corrected chi connectivity index (χ2v) is 4.37. The van der Waals surface area contributed by atoms with Gasteiger partial charge in [0.2, 0.25) is 0 Å². The lowest BCUT2D eigenvalue weighted by Gasteiger charge is -2.15. The third-order valence-electron chi connectivity index (χ3n) is 2.47. The van der Waals surface area contributed by atoms with Crippen LogP contribution in [-0.2, 0) is 6.54 Å². The zero-order chi connectivity index (χ0) is 14.9. The van der Waals surface area contributed by atoms with Crippen molar-refractivity contribution in [2.24, 2.45) is 0 Å². The van der Waals surface area contributed by atoms with E-state index >= 15 is 0 Å². The molecule has 0 saturated heterocycles. The van der Waals surface area contributed by atoms with Crippen LogP contribution in [0.2, 0.25) is 5.02 Å². The minimum absolute atomic E-state index is 0.103. The zero-order valence-electron chi connectivity index (χ0n) is 9.77. The van der Waals surface area contributed by atoms with Crippen molar-refractivity contribution in [2.75, 3.05) is 5.73 Å². The van der Waals surface area contributed by atoms with Crippen molar-refractivity contribution >= 4 is 17.3 Å². The largest absolute Gasteiger partial charge is 0.398 e. The van der Waals surface area contributed by atoms with Crippen LogP contribution in [0.4, 0.5) is 23.2 Å². The predicted octanol–water partition coefficient (Wildman–Crippen LogP) is 2.48. The van der Waals surface area contributed by atoms with Crippen LogP contribution in [0.3, 0.4) is 0 Å². The molecule has 0 radical (unpaired) electrons. The van der Waals surface area contributed by atoms with E-state index in [1.165, 1.54) is 18.2 Å². The maximum Gasteiger partial charge on any atom is 0.326 e. The van der Waals surface area contributed by atoms with Gasteiger partial charge in [0.1, 0.15) is 6.54 Å². The van der Waals surface area contributed by atoms with Gasteiger partial charge < -0.3 is 5.73 Å². The Morgan fingerprint density at radius 3 is 2.65 bits per heavy atom. The summed E-state index contributed by atoms with van der Waals surface area (Å²) in [4.78, 5) is 0. The fourth-order valence-corrected chi connectivity index (χ4v) is 1.59. The van der Waals surface area contributed by atoms with Crippen LogP contribution in [-0.4, -0.2) is 32.6 Å². The molecule has 20 heavy (non-hydrogen) atoms. The number of rotatable bonds is 4. The molecule has 1 heterocycles. The molecule has 0 saturated carbocycles. The Kier molecular flexibility index (Phi) is 3.80. The van der Waals surface area contributed by atoms with Gasteiger partial charge in [0.15, 0.2) is 5.82 Å². The number of alkyl halides is 4. The van der Waals surface area contributed by atoms with Crippen molar-refractivity contribution in [1.29, 1.82) is 0 Å². The van der Waals surface area contributed by atoms with Crippen molar-refractivity contribution in [1.82, 2.24) is 20.2 Å². The molecule has 0 aliphatic heterocycles. The Morgan fingerprint density at radius 2 is 2.05 bits per heavy atom. The SMILES string of the molecule is Nc1cc(-c2nnnn2CC(F)(F)C(F)F)ccc1Cl. The number of halogens is 5. The summed E-state index contributed by atoms with van der Waals surface area (Å²) >= 11 is 5.73. The van der Waals surface area contributed by atoms with Crippen molar-refractivity contribution in [3.05, 3.63) is 23.2 Å². The first kappa shape index (κ1) is 14.5. The summed E-state index contributed by atoms with van der Waals surface area (Å²) in [5.74, 6) is -4.34. The maximum absolute atomic E-state index is 13.0. The minimum Gasteiger partial charge on any atom is -0.398 e. The van der Waals surface area contributed by atoms with E-state index < -0.39 is 18.9 Å². The van der Waals surface area contributed by atoms with E-state index in [0.717, 1.165) is 0 Å². The molecule has 10 heteroatoms. The van der Waals surface area contributed by atoms with Crippen LogP contribution in [0.25, 0.3) is 11.4 Å². The molecule has 0 spiro atoms. The number of aromatic nitrogens is 4. The normalized spacial score (nSPS) is 12.1. The molecular formula is C10H8ClF4N5. The summed E-state index contributed by atoms with van der Waals surface area (Å²) in [5.41, 5.74) is 6.06. The van der Waals surface area contributed by atoms with Gasteiger partial charge in [-0.05, 0) is 28.6 Å². The van der Waals surface area contributed by atoms with Crippen LogP contribution in [0.1, 0.15) is 0 Å². The standard InChI is InChI=1S/C10H8ClF4N5/c11-6-2-1-5(3-7(6)16)8-17-18-19-20(8)4-10(14,15)9(12)13/h1-3,9H,4,16H2. The molecule has 0 aliphatic rings. The topological polar surface area (TPSA) is 69.6 Å². The minimum atomic E-state index is -4.23. The van der Waals surface area contributed by atoms with Crippen molar-refractivity contribution in [3.63, 3.8) is 0 Å². The lowest BCUT2D eigenvalue weighted by molar-refractivity contribution is -0.139. The highest BCUT2D eigenvalue weighted by Gasteiger charge is 2.42. The zero-order valence-corrected chi connectivity index (χ0v) is 10.5. The number of nitrogens with two attached hydrogens (primary N) is 1. The van der Waals surface area contributed by atoms with Gasteiger partial charge in [-0.3, -0.25) is 0 Å². The molecule has 2 aromatic rings. The first-order chi connectivity index (χ1) is 9.31. The molecule has 2 rings (SSSR count). The maximum atomic E-state index is 13.0. The Balaban J connectivity index is 2.35. The number of nitrogen functional groups attached to an aromatic ring is 1. The second-order valence-electron chi connectivity index (χ2n) is 3.96. The Hall–Kier alpha value is -1.90. The highest BCUT2D eigenvalue weighted by molar-refractivity contribution is 6.33. The average Bonchev–Trinajstić information content (AvgIpc) is 2.80. The summed E-state index contributed by atoms with van der Waals surface area (Å²) < 4.78 is 51.0. The molecule has 0 aliphatic carbocycles. The molecule has 108 valence electrons. The van der Waals surface area contributed by atoms with Gasteiger partial charge in [-0.2, -0.15) is 8.78 Å². The molecule has 2 N–H and O–H groups in total. The van der Waals surface area contributed by atoms with Crippen molar-refractivity contribution in [3.8, 4) is 11.4 Å². The number of benzene rings is 1. The number of hydrogen-bond acceptors (Lipinski definition) is 4. The van der Waals surface area contributed by atoms with E-state index in [0.29, 0.717) is 10.2 Å². The van der Waals surface area contributed by atoms with Crippen molar-refractivity contribution in [2.45, 2.75) is 18.9 Å². The highest BCUT2D eigenvalue weighted by Crippen LogP contribution is 2.28. The number of tetrazole rings is 1. The van der Waals surface area contributed by atoms with E-state index in [2.05, 4.69) is 15.5 Å². The molecule has 5 nitrogen and oxygen atoms in total. The third kappa shape index (κ3) is 2.82. The molecule has 1 aromatic carbocycles. The quantitative estimate of drug-likeness (QED) is 0.696. The van der Waals surface area contributed by atoms with Crippen molar-refractivity contribution < 1.29 is 17.6 Å². The van der Waals surface area contributed by atoms with Gasteiger partial charge in [0.05, 0.1) is 10.7 Å². The summed E-state index contributed by atoms with van der Waals surface area (Å²) in [5, 5.41) is 10.3.